The van der Waals surface area contributed by atoms with Crippen molar-refractivity contribution in [3.63, 3.8) is 0 Å². The minimum Gasteiger partial charge on any atom is -0.298 e. The van der Waals surface area contributed by atoms with Crippen LogP contribution in [0.15, 0.2) is 18.2 Å². The van der Waals surface area contributed by atoms with Crippen LogP contribution >= 0.6 is 33.9 Å². The monoisotopic (exact) mass is 302 g/mol. The van der Waals surface area contributed by atoms with Crippen LogP contribution in [0.25, 0.3) is 10.1 Å². The van der Waals surface area contributed by atoms with Crippen molar-refractivity contribution in [1.29, 1.82) is 0 Å². The van der Waals surface area contributed by atoms with Crippen LogP contribution in [0, 0.1) is 10.5 Å². The van der Waals surface area contributed by atoms with Gasteiger partial charge in [-0.1, -0.05) is 0 Å². The topological polar surface area (TPSA) is 17.1 Å². The molecule has 2 aromatic rings. The first-order chi connectivity index (χ1) is 6.20. The molecule has 0 bridgehead atoms. The Morgan fingerprint density at radius 2 is 2.15 bits per heavy atom. The van der Waals surface area contributed by atoms with Gasteiger partial charge < -0.3 is 0 Å². The van der Waals surface area contributed by atoms with Gasteiger partial charge in [0, 0.05) is 18.7 Å². The van der Waals surface area contributed by atoms with Crippen LogP contribution in [0.2, 0.25) is 0 Å². The molecule has 1 aromatic carbocycles. The summed E-state index contributed by atoms with van der Waals surface area (Å²) >= 11 is 3.92. The molecular formula is C10H7IOS. The number of thiophene rings is 1. The molecule has 0 fully saturated rings. The zero-order valence-corrected chi connectivity index (χ0v) is 9.98. The molecule has 0 amide bonds. The molecule has 0 radical (unpaired) electrons. The summed E-state index contributed by atoms with van der Waals surface area (Å²) in [6.45, 7) is 2.08. The number of aryl methyl sites for hydroxylation is 1. The van der Waals surface area contributed by atoms with E-state index in [9.17, 15) is 4.79 Å². The Morgan fingerprint density at radius 3 is 2.85 bits per heavy atom. The highest BCUT2D eigenvalue weighted by atomic mass is 127. The molecule has 3 heteroatoms. The quantitative estimate of drug-likeness (QED) is 0.581. The largest absolute Gasteiger partial charge is 0.298 e. The number of carbonyl (C=O) groups is 1. The number of halogens is 1. The number of aldehydes is 1. The van der Waals surface area contributed by atoms with Crippen LogP contribution in [0.5, 0.6) is 0 Å². The summed E-state index contributed by atoms with van der Waals surface area (Å²) in [7, 11) is 0. The van der Waals surface area contributed by atoms with E-state index in [1.54, 1.807) is 11.3 Å². The van der Waals surface area contributed by atoms with E-state index in [1.807, 2.05) is 6.07 Å². The summed E-state index contributed by atoms with van der Waals surface area (Å²) in [4.78, 5) is 12.0. The van der Waals surface area contributed by atoms with Gasteiger partial charge in [0.05, 0.1) is 0 Å². The zero-order chi connectivity index (χ0) is 9.42. The third-order valence-corrected chi connectivity index (χ3v) is 3.83. The second-order valence-corrected chi connectivity index (χ2v) is 5.34. The fourth-order valence-electron chi connectivity index (χ4n) is 1.30. The summed E-state index contributed by atoms with van der Waals surface area (Å²) in [6, 6.07) is 6.17. The molecule has 13 heavy (non-hydrogen) atoms. The average Bonchev–Trinajstić information content (AvgIpc) is 2.42. The molecule has 2 rings (SSSR count). The smallest absolute Gasteiger partial charge is 0.151 e. The number of benzene rings is 1. The lowest BCUT2D eigenvalue weighted by molar-refractivity contribution is 0.112. The van der Waals surface area contributed by atoms with Crippen LogP contribution in [0.3, 0.4) is 0 Å². The number of rotatable bonds is 1. The molecule has 0 saturated heterocycles. The Bertz CT molecular complexity index is 473. The maximum Gasteiger partial charge on any atom is 0.151 e. The third-order valence-electron chi connectivity index (χ3n) is 1.89. The molecule has 0 unspecified atom stereocenters. The molecule has 0 aliphatic carbocycles. The van der Waals surface area contributed by atoms with Gasteiger partial charge >= 0.3 is 0 Å². The molecule has 0 aliphatic rings. The van der Waals surface area contributed by atoms with E-state index in [0.717, 1.165) is 15.4 Å². The summed E-state index contributed by atoms with van der Waals surface area (Å²) in [6.07, 6.45) is 0.913. The standard InChI is InChI=1S/C10H7IOS/c1-6-2-7-3-9(11)8(5-12)4-10(7)13-6/h2-5H,1H3. The molecular weight excluding hydrogens is 295 g/mol. The Morgan fingerprint density at radius 1 is 1.38 bits per heavy atom. The molecule has 0 atom stereocenters. The van der Waals surface area contributed by atoms with Crippen LogP contribution in [0.4, 0.5) is 0 Å². The SMILES string of the molecule is Cc1cc2cc(I)c(C=O)cc2s1. The highest BCUT2D eigenvalue weighted by Crippen LogP contribution is 2.28. The van der Waals surface area contributed by atoms with E-state index in [2.05, 4.69) is 41.6 Å². The van der Waals surface area contributed by atoms with Crippen LogP contribution in [-0.2, 0) is 0 Å². The number of fused-ring (bicyclic) bond motifs is 1. The fraction of sp³-hybridized carbons (Fsp3) is 0.100. The minimum absolute atomic E-state index is 0.787. The minimum atomic E-state index is 0.787. The van der Waals surface area contributed by atoms with Crippen molar-refractivity contribution in [2.24, 2.45) is 0 Å². The van der Waals surface area contributed by atoms with Crippen molar-refractivity contribution in [2.75, 3.05) is 0 Å². The maximum atomic E-state index is 10.7. The predicted molar refractivity (Wildman–Crippen MR) is 64.7 cm³/mol. The fourth-order valence-corrected chi connectivity index (χ4v) is 2.87. The van der Waals surface area contributed by atoms with E-state index < -0.39 is 0 Å². The Labute approximate surface area is 93.9 Å². The van der Waals surface area contributed by atoms with Crippen molar-refractivity contribution in [3.8, 4) is 0 Å². The van der Waals surface area contributed by atoms with Crippen LogP contribution in [-0.4, -0.2) is 6.29 Å². The highest BCUT2D eigenvalue weighted by Gasteiger charge is 2.03. The van der Waals surface area contributed by atoms with E-state index in [-0.39, 0.29) is 0 Å². The van der Waals surface area contributed by atoms with Gasteiger partial charge in [0.1, 0.15) is 0 Å². The first-order valence-corrected chi connectivity index (χ1v) is 5.75. The van der Waals surface area contributed by atoms with Gasteiger partial charge in [-0.3, -0.25) is 4.79 Å². The summed E-state index contributed by atoms with van der Waals surface area (Å²) < 4.78 is 2.22. The molecule has 0 N–H and O–H groups in total. The van der Waals surface area contributed by atoms with Gasteiger partial charge in [0.15, 0.2) is 6.29 Å². The lowest BCUT2D eigenvalue weighted by Gasteiger charge is -1.95. The molecule has 0 spiro atoms. The molecule has 66 valence electrons. The van der Waals surface area contributed by atoms with Crippen LogP contribution < -0.4 is 0 Å². The zero-order valence-electron chi connectivity index (χ0n) is 7.00. The van der Waals surface area contributed by atoms with Gasteiger partial charge in [-0.25, -0.2) is 0 Å². The van der Waals surface area contributed by atoms with Crippen molar-refractivity contribution in [2.45, 2.75) is 6.92 Å². The first kappa shape index (κ1) is 9.15. The Hall–Kier alpha value is -0.420. The molecule has 0 aliphatic heterocycles. The van der Waals surface area contributed by atoms with Crippen LogP contribution in [0.1, 0.15) is 15.2 Å². The van der Waals surface area contributed by atoms with Crippen molar-refractivity contribution < 1.29 is 4.79 Å². The first-order valence-electron chi connectivity index (χ1n) is 3.85. The van der Waals surface area contributed by atoms with Gasteiger partial charge in [-0.05, 0) is 53.1 Å². The maximum absolute atomic E-state index is 10.7. The van der Waals surface area contributed by atoms with E-state index in [4.69, 9.17) is 0 Å². The molecule has 1 aromatic heterocycles. The summed E-state index contributed by atoms with van der Waals surface area (Å²) in [5.74, 6) is 0. The van der Waals surface area contributed by atoms with Gasteiger partial charge in [0.2, 0.25) is 0 Å². The summed E-state index contributed by atoms with van der Waals surface area (Å²) in [5, 5.41) is 1.23. The predicted octanol–water partition coefficient (Wildman–Crippen LogP) is 3.63. The number of carbonyl (C=O) groups excluding carboxylic acids is 1. The van der Waals surface area contributed by atoms with Crippen molar-refractivity contribution in [3.05, 3.63) is 32.2 Å². The van der Waals surface area contributed by atoms with Crippen molar-refractivity contribution >= 4 is 50.3 Å². The van der Waals surface area contributed by atoms with E-state index in [0.29, 0.717) is 0 Å². The Kier molecular flexibility index (Phi) is 2.38. The van der Waals surface area contributed by atoms with E-state index in [1.165, 1.54) is 15.0 Å². The van der Waals surface area contributed by atoms with Gasteiger partial charge in [0.25, 0.3) is 0 Å². The molecule has 0 saturated carbocycles. The van der Waals surface area contributed by atoms with Crippen molar-refractivity contribution in [1.82, 2.24) is 0 Å². The lowest BCUT2D eigenvalue weighted by Crippen LogP contribution is -1.83. The second kappa shape index (κ2) is 3.38. The highest BCUT2D eigenvalue weighted by molar-refractivity contribution is 14.1. The number of hydrogen-bond acceptors (Lipinski definition) is 2. The second-order valence-electron chi connectivity index (χ2n) is 2.89. The summed E-state index contributed by atoms with van der Waals surface area (Å²) in [5.41, 5.74) is 0.787. The molecule has 1 nitrogen and oxygen atoms in total. The third kappa shape index (κ3) is 1.62. The molecule has 1 heterocycles. The number of hydrogen-bond donors (Lipinski definition) is 0. The van der Waals surface area contributed by atoms with Gasteiger partial charge in [-0.2, -0.15) is 0 Å². The van der Waals surface area contributed by atoms with E-state index >= 15 is 0 Å². The Balaban J connectivity index is 2.79. The van der Waals surface area contributed by atoms with Gasteiger partial charge in [-0.15, -0.1) is 11.3 Å². The lowest BCUT2D eigenvalue weighted by atomic mass is 10.2. The average molecular weight is 302 g/mol. The normalized spacial score (nSPS) is 10.6.